The third-order valence-corrected chi connectivity index (χ3v) is 7.00. The monoisotopic (exact) mass is 522 g/mol. The number of hydrogen-bond donors (Lipinski definition) is 1. The molecule has 3 aromatic rings. The number of fused-ring (bicyclic) bond motifs is 1. The van der Waals surface area contributed by atoms with Gasteiger partial charge in [-0.05, 0) is 29.8 Å². The molecule has 196 valence electrons. The summed E-state index contributed by atoms with van der Waals surface area (Å²) in [5, 5.41) is 5.22. The van der Waals surface area contributed by atoms with E-state index in [1.807, 2.05) is 32.1 Å². The van der Waals surface area contributed by atoms with Crippen molar-refractivity contribution in [2.24, 2.45) is 0 Å². The fourth-order valence-electron chi connectivity index (χ4n) is 4.21. The van der Waals surface area contributed by atoms with Gasteiger partial charge in [0, 0.05) is 54.6 Å². The predicted octanol–water partition coefficient (Wildman–Crippen LogP) is 4.93. The number of ether oxygens (including phenoxy) is 3. The number of hydrogen-bond acceptors (Lipinski definition) is 7. The number of aromatic nitrogens is 2. The summed E-state index contributed by atoms with van der Waals surface area (Å²) in [4.78, 5) is 21.2. The first-order chi connectivity index (χ1) is 18.1. The summed E-state index contributed by atoms with van der Waals surface area (Å²) in [7, 11) is 3.12. The normalized spacial score (nSPS) is 15.8. The number of methoxy groups -OCH3 is 2. The van der Waals surface area contributed by atoms with Crippen molar-refractivity contribution >= 4 is 27.8 Å². The number of benzene rings is 1. The first-order valence-electron chi connectivity index (χ1n) is 12.5. The molecular weight excluding hydrogens is 488 g/mol. The molecule has 1 aliphatic heterocycles. The summed E-state index contributed by atoms with van der Waals surface area (Å²) in [5.74, 6) is 0.894. The highest BCUT2D eigenvalue weighted by molar-refractivity contribution is 7.15. The van der Waals surface area contributed by atoms with Crippen LogP contribution in [0, 0.1) is 0 Å². The zero-order valence-corrected chi connectivity index (χ0v) is 22.6. The molecule has 1 fully saturated rings. The molecule has 8 nitrogen and oxygen atoms in total. The zero-order chi connectivity index (χ0) is 26.2. The minimum Gasteiger partial charge on any atom is -0.493 e. The van der Waals surface area contributed by atoms with Gasteiger partial charge in [-0.3, -0.25) is 14.1 Å². The second kappa shape index (κ2) is 12.7. The van der Waals surface area contributed by atoms with Crippen molar-refractivity contribution in [1.29, 1.82) is 0 Å². The van der Waals surface area contributed by atoms with E-state index in [0.717, 1.165) is 54.8 Å². The first kappa shape index (κ1) is 26.7. The van der Waals surface area contributed by atoms with Gasteiger partial charge in [0.25, 0.3) is 5.91 Å². The number of morpholine rings is 1. The lowest BCUT2D eigenvalue weighted by Gasteiger charge is -2.26. The van der Waals surface area contributed by atoms with Crippen molar-refractivity contribution in [3.63, 3.8) is 0 Å². The molecule has 0 unspecified atom stereocenters. The van der Waals surface area contributed by atoms with Crippen LogP contribution in [0.3, 0.4) is 0 Å². The smallest absolute Gasteiger partial charge is 0.255 e. The first-order valence-corrected chi connectivity index (χ1v) is 13.4. The Hall–Kier alpha value is -3.40. The molecule has 1 aromatic carbocycles. The van der Waals surface area contributed by atoms with Gasteiger partial charge in [-0.25, -0.2) is 4.98 Å². The fraction of sp³-hybridized carbons (Fsp3) is 0.357. The topological polar surface area (TPSA) is 77.3 Å². The molecule has 2 aliphatic rings. The number of thiazole rings is 1. The predicted molar refractivity (Wildman–Crippen MR) is 147 cm³/mol. The standard InChI is InChI=1S/C26H28N4O4S.C2H6/c1-32-23-8-7-19(14-24(23)33-2)25(31)27-20-6-4-3-5-18(13-20)22-16-30-21(17-35-26(30)28-22)15-29-9-11-34-12-10-29;1-2/h3-8,14,16-17H,9-13,15H2,1-2H3,(H,27,31);1-2H3. The number of amides is 1. The SMILES string of the molecule is CC.COc1ccc(C(=O)NC2=CC=CC=C(c3cn4c(CN5CCOCC5)csc4n3)C2)cc1OC. The summed E-state index contributed by atoms with van der Waals surface area (Å²) in [6.45, 7) is 8.34. The quantitative estimate of drug-likeness (QED) is 0.474. The molecule has 0 saturated carbocycles. The van der Waals surface area contributed by atoms with Crippen molar-refractivity contribution in [2.45, 2.75) is 26.8 Å². The molecule has 37 heavy (non-hydrogen) atoms. The molecule has 1 N–H and O–H groups in total. The van der Waals surface area contributed by atoms with Crippen LogP contribution in [0.2, 0.25) is 0 Å². The lowest BCUT2D eigenvalue weighted by Crippen LogP contribution is -2.35. The van der Waals surface area contributed by atoms with E-state index < -0.39 is 0 Å². The number of carbonyl (C=O) groups is 1. The van der Waals surface area contributed by atoms with Crippen LogP contribution < -0.4 is 14.8 Å². The van der Waals surface area contributed by atoms with Crippen molar-refractivity contribution in [3.05, 3.63) is 76.7 Å². The molecule has 2 aromatic heterocycles. The molecule has 3 heterocycles. The Balaban J connectivity index is 0.00000156. The Labute approximate surface area is 221 Å². The van der Waals surface area contributed by atoms with Gasteiger partial charge in [0.2, 0.25) is 0 Å². The van der Waals surface area contributed by atoms with Crippen LogP contribution in [0.1, 0.15) is 42.0 Å². The molecule has 0 bridgehead atoms. The molecule has 1 aliphatic carbocycles. The second-order valence-corrected chi connectivity index (χ2v) is 9.20. The Morgan fingerprint density at radius 1 is 1.11 bits per heavy atom. The van der Waals surface area contributed by atoms with E-state index in [2.05, 4.69) is 32.3 Å². The zero-order valence-electron chi connectivity index (χ0n) is 21.8. The van der Waals surface area contributed by atoms with Gasteiger partial charge in [0.05, 0.1) is 33.1 Å². The van der Waals surface area contributed by atoms with Crippen LogP contribution in [0.15, 0.2) is 59.8 Å². The number of rotatable bonds is 7. The van der Waals surface area contributed by atoms with E-state index in [1.165, 1.54) is 5.69 Å². The molecule has 1 amide bonds. The van der Waals surface area contributed by atoms with Crippen molar-refractivity contribution in [1.82, 2.24) is 19.6 Å². The summed E-state index contributed by atoms with van der Waals surface area (Å²) >= 11 is 1.65. The molecule has 9 heteroatoms. The molecule has 1 saturated heterocycles. The average Bonchev–Trinajstić information content (AvgIpc) is 3.44. The minimum atomic E-state index is -0.203. The number of carbonyl (C=O) groups excluding carboxylic acids is 1. The van der Waals surface area contributed by atoms with Gasteiger partial charge in [-0.15, -0.1) is 11.3 Å². The highest BCUT2D eigenvalue weighted by Crippen LogP contribution is 2.29. The van der Waals surface area contributed by atoms with E-state index in [4.69, 9.17) is 19.2 Å². The Morgan fingerprint density at radius 2 is 1.86 bits per heavy atom. The molecule has 0 radical (unpaired) electrons. The van der Waals surface area contributed by atoms with E-state index in [1.54, 1.807) is 43.8 Å². The molecule has 0 atom stereocenters. The summed E-state index contributed by atoms with van der Waals surface area (Å²) < 4.78 is 18.2. The highest BCUT2D eigenvalue weighted by atomic mass is 32.1. The lowest BCUT2D eigenvalue weighted by atomic mass is 10.1. The maximum atomic E-state index is 12.9. The van der Waals surface area contributed by atoms with Crippen LogP contribution in [-0.2, 0) is 11.3 Å². The Bertz CT molecular complexity index is 1310. The van der Waals surface area contributed by atoms with Crippen LogP contribution in [0.25, 0.3) is 10.5 Å². The Morgan fingerprint density at radius 3 is 2.62 bits per heavy atom. The van der Waals surface area contributed by atoms with Crippen LogP contribution >= 0.6 is 11.3 Å². The fourth-order valence-corrected chi connectivity index (χ4v) is 5.07. The Kier molecular flexibility index (Phi) is 9.16. The van der Waals surface area contributed by atoms with Crippen molar-refractivity contribution in [2.75, 3.05) is 40.5 Å². The summed E-state index contributed by atoms with van der Waals surface area (Å²) in [5.41, 5.74) is 4.49. The van der Waals surface area contributed by atoms with Gasteiger partial charge in [0.15, 0.2) is 16.5 Å². The van der Waals surface area contributed by atoms with Gasteiger partial charge < -0.3 is 19.5 Å². The highest BCUT2D eigenvalue weighted by Gasteiger charge is 2.18. The maximum absolute atomic E-state index is 12.9. The van der Waals surface area contributed by atoms with E-state index in [-0.39, 0.29) is 5.91 Å². The van der Waals surface area contributed by atoms with E-state index in [0.29, 0.717) is 23.5 Å². The van der Waals surface area contributed by atoms with Gasteiger partial charge in [0.1, 0.15) is 0 Å². The minimum absolute atomic E-state index is 0.203. The van der Waals surface area contributed by atoms with Gasteiger partial charge >= 0.3 is 0 Å². The number of nitrogens with one attached hydrogen (secondary N) is 1. The van der Waals surface area contributed by atoms with Crippen LogP contribution in [-0.4, -0.2) is 60.7 Å². The summed E-state index contributed by atoms with van der Waals surface area (Å²) in [6, 6.07) is 5.13. The van der Waals surface area contributed by atoms with Gasteiger partial charge in [-0.2, -0.15) is 0 Å². The van der Waals surface area contributed by atoms with E-state index >= 15 is 0 Å². The number of nitrogens with zero attached hydrogens (tertiary/aromatic N) is 3. The van der Waals surface area contributed by atoms with Crippen molar-refractivity contribution in [3.8, 4) is 11.5 Å². The van der Waals surface area contributed by atoms with Crippen molar-refractivity contribution < 1.29 is 19.0 Å². The van der Waals surface area contributed by atoms with Crippen LogP contribution in [0.4, 0.5) is 0 Å². The average molecular weight is 523 g/mol. The number of allylic oxidation sites excluding steroid dienone is 5. The third kappa shape index (κ3) is 6.30. The maximum Gasteiger partial charge on any atom is 0.255 e. The second-order valence-electron chi connectivity index (χ2n) is 8.36. The third-order valence-electron chi connectivity index (χ3n) is 6.11. The van der Waals surface area contributed by atoms with Gasteiger partial charge in [-0.1, -0.05) is 32.1 Å². The van der Waals surface area contributed by atoms with Crippen LogP contribution in [0.5, 0.6) is 11.5 Å². The van der Waals surface area contributed by atoms with E-state index in [9.17, 15) is 4.79 Å². The largest absolute Gasteiger partial charge is 0.493 e. The number of imidazole rings is 1. The lowest BCUT2D eigenvalue weighted by molar-refractivity contribution is 0.0336. The summed E-state index contributed by atoms with van der Waals surface area (Å²) in [6.07, 6.45) is 10.5. The molecule has 0 spiro atoms. The molecule has 5 rings (SSSR count). The molecular formula is C28H34N4O4S.